The fourth-order valence-corrected chi connectivity index (χ4v) is 5.62. The fraction of sp³-hybridized carbons (Fsp3) is 0.455. The lowest BCUT2D eigenvalue weighted by atomic mass is 9.77. The molecule has 29 heavy (non-hydrogen) atoms. The number of aryl methyl sites for hydroxylation is 1. The van der Waals surface area contributed by atoms with Gasteiger partial charge in [0, 0.05) is 6.42 Å². The molecule has 1 amide bonds. The lowest BCUT2D eigenvalue weighted by molar-refractivity contribution is -0.131. The zero-order valence-electron chi connectivity index (χ0n) is 16.3. The predicted octanol–water partition coefficient (Wildman–Crippen LogP) is 3.99. The maximum atomic E-state index is 13.5. The molecule has 1 saturated carbocycles. The van der Waals surface area contributed by atoms with Gasteiger partial charge in [0.15, 0.2) is 11.5 Å². The van der Waals surface area contributed by atoms with Gasteiger partial charge in [0.05, 0.1) is 17.5 Å². The Hall–Kier alpha value is -2.54. The van der Waals surface area contributed by atoms with Crippen LogP contribution in [-0.2, 0) is 20.7 Å². The van der Waals surface area contributed by atoms with Crippen molar-refractivity contribution in [3.63, 3.8) is 0 Å². The zero-order chi connectivity index (χ0) is 20.0. The molecule has 0 radical (unpaired) electrons. The van der Waals surface area contributed by atoms with Crippen molar-refractivity contribution in [1.82, 2.24) is 10.2 Å². The molecule has 0 bridgehead atoms. The third-order valence-corrected chi connectivity index (χ3v) is 6.99. The van der Waals surface area contributed by atoms with E-state index in [4.69, 9.17) is 4.74 Å². The molecule has 6 nitrogen and oxygen atoms in total. The van der Waals surface area contributed by atoms with Crippen molar-refractivity contribution in [1.29, 1.82) is 0 Å². The number of ether oxygens (including phenoxy) is 1. The number of aromatic nitrogens is 2. The van der Waals surface area contributed by atoms with Crippen molar-refractivity contribution < 1.29 is 14.3 Å². The van der Waals surface area contributed by atoms with E-state index in [-0.39, 0.29) is 29.5 Å². The Labute approximate surface area is 173 Å². The fourth-order valence-electron chi connectivity index (χ4n) is 4.65. The van der Waals surface area contributed by atoms with Gasteiger partial charge in [-0.2, -0.15) is 0 Å². The molecule has 7 heteroatoms. The summed E-state index contributed by atoms with van der Waals surface area (Å²) in [7, 11) is 0. The molecule has 3 aliphatic rings. The van der Waals surface area contributed by atoms with Gasteiger partial charge >= 0.3 is 0 Å². The minimum absolute atomic E-state index is 0.0685. The topological polar surface area (TPSA) is 72.4 Å². The summed E-state index contributed by atoms with van der Waals surface area (Å²) in [4.78, 5) is 28.6. The van der Waals surface area contributed by atoms with Crippen molar-refractivity contribution in [2.75, 3.05) is 4.90 Å². The van der Waals surface area contributed by atoms with Gasteiger partial charge in [-0.3, -0.25) is 14.5 Å². The molecular weight excluding hydrogens is 386 g/mol. The lowest BCUT2D eigenvalue weighted by Gasteiger charge is -2.35. The highest BCUT2D eigenvalue weighted by atomic mass is 32.1. The van der Waals surface area contributed by atoms with Gasteiger partial charge in [-0.25, -0.2) is 0 Å². The average molecular weight is 410 g/mol. The number of hydrogen-bond donors (Lipinski definition) is 0. The van der Waals surface area contributed by atoms with Crippen molar-refractivity contribution in [3.8, 4) is 0 Å². The van der Waals surface area contributed by atoms with Crippen LogP contribution in [0.2, 0.25) is 0 Å². The van der Waals surface area contributed by atoms with E-state index in [0.717, 1.165) is 49.1 Å². The van der Waals surface area contributed by atoms with Gasteiger partial charge in [0.25, 0.3) is 5.91 Å². The predicted molar refractivity (Wildman–Crippen MR) is 109 cm³/mol. The maximum Gasteiger partial charge on any atom is 0.296 e. The first-order valence-corrected chi connectivity index (χ1v) is 11.2. The Morgan fingerprint density at radius 1 is 1.14 bits per heavy atom. The van der Waals surface area contributed by atoms with Gasteiger partial charge in [-0.15, -0.1) is 10.2 Å². The SMILES string of the molecule is CCCc1nnc(N2C(=O)C3=C(C(=O)C4CCCCC4O3)C2c2ccccc2)s1. The molecule has 2 aliphatic heterocycles. The molecule has 5 rings (SSSR count). The normalized spacial score (nSPS) is 26.4. The third kappa shape index (κ3) is 2.99. The van der Waals surface area contributed by atoms with Gasteiger partial charge in [0.1, 0.15) is 11.1 Å². The first-order valence-electron chi connectivity index (χ1n) is 10.3. The number of amides is 1. The molecule has 3 unspecified atom stereocenters. The van der Waals surface area contributed by atoms with E-state index in [1.54, 1.807) is 4.90 Å². The summed E-state index contributed by atoms with van der Waals surface area (Å²) in [6, 6.07) is 9.19. The number of hydrogen-bond acceptors (Lipinski definition) is 6. The summed E-state index contributed by atoms with van der Waals surface area (Å²) in [6.07, 6.45) is 5.33. The summed E-state index contributed by atoms with van der Waals surface area (Å²) in [5.74, 6) is -0.129. The van der Waals surface area contributed by atoms with E-state index >= 15 is 0 Å². The van der Waals surface area contributed by atoms with E-state index in [0.29, 0.717) is 10.7 Å². The molecule has 150 valence electrons. The van der Waals surface area contributed by atoms with Crippen molar-refractivity contribution >= 4 is 28.2 Å². The van der Waals surface area contributed by atoms with Crippen molar-refractivity contribution in [2.24, 2.45) is 5.92 Å². The summed E-state index contributed by atoms with van der Waals surface area (Å²) in [5.41, 5.74) is 1.39. The highest BCUT2D eigenvalue weighted by Crippen LogP contribution is 2.48. The van der Waals surface area contributed by atoms with E-state index in [9.17, 15) is 9.59 Å². The molecule has 1 aliphatic carbocycles. The van der Waals surface area contributed by atoms with Crippen LogP contribution in [0, 0.1) is 5.92 Å². The molecule has 1 aromatic carbocycles. The van der Waals surface area contributed by atoms with E-state index in [2.05, 4.69) is 17.1 Å². The van der Waals surface area contributed by atoms with Gasteiger partial charge in [-0.05, 0) is 31.2 Å². The number of rotatable bonds is 4. The van der Waals surface area contributed by atoms with E-state index in [1.807, 2.05) is 30.3 Å². The van der Waals surface area contributed by atoms with Gasteiger partial charge in [-0.1, -0.05) is 55.0 Å². The molecule has 1 fully saturated rings. The summed E-state index contributed by atoms with van der Waals surface area (Å²) < 4.78 is 6.18. The average Bonchev–Trinajstić information content (AvgIpc) is 3.32. The van der Waals surface area contributed by atoms with Crippen LogP contribution in [0.1, 0.15) is 55.6 Å². The van der Waals surface area contributed by atoms with E-state index in [1.165, 1.54) is 11.3 Å². The van der Waals surface area contributed by atoms with Crippen LogP contribution in [0.15, 0.2) is 41.7 Å². The molecule has 3 atom stereocenters. The van der Waals surface area contributed by atoms with Crippen LogP contribution < -0.4 is 4.90 Å². The highest BCUT2D eigenvalue weighted by Gasteiger charge is 2.53. The second kappa shape index (κ2) is 7.37. The van der Waals surface area contributed by atoms with Crippen LogP contribution in [0.5, 0.6) is 0 Å². The zero-order valence-corrected chi connectivity index (χ0v) is 17.2. The smallest absolute Gasteiger partial charge is 0.296 e. The minimum atomic E-state index is -0.503. The monoisotopic (exact) mass is 409 g/mol. The van der Waals surface area contributed by atoms with Crippen LogP contribution in [-0.4, -0.2) is 28.0 Å². The Morgan fingerprint density at radius 3 is 2.72 bits per heavy atom. The Kier molecular flexibility index (Phi) is 4.70. The second-order valence-electron chi connectivity index (χ2n) is 7.87. The first-order chi connectivity index (χ1) is 14.2. The summed E-state index contributed by atoms with van der Waals surface area (Å²) in [5, 5.41) is 9.97. The number of Topliss-reactive ketones (excluding diaryl/α,β-unsaturated/α-hetero) is 1. The van der Waals surface area contributed by atoms with Crippen LogP contribution in [0.25, 0.3) is 0 Å². The second-order valence-corrected chi connectivity index (χ2v) is 8.91. The van der Waals surface area contributed by atoms with Crippen molar-refractivity contribution in [2.45, 2.75) is 57.6 Å². The first kappa shape index (κ1) is 18.5. The molecule has 2 aromatic rings. The lowest BCUT2D eigenvalue weighted by Crippen LogP contribution is -2.39. The van der Waals surface area contributed by atoms with Gasteiger partial charge < -0.3 is 4.74 Å². The number of benzene rings is 1. The maximum absolute atomic E-state index is 13.5. The molecular formula is C22H23N3O3S. The minimum Gasteiger partial charge on any atom is -0.483 e. The number of fused-ring (bicyclic) bond motifs is 1. The Morgan fingerprint density at radius 2 is 1.93 bits per heavy atom. The van der Waals surface area contributed by atoms with Crippen LogP contribution >= 0.6 is 11.3 Å². The van der Waals surface area contributed by atoms with Gasteiger partial charge in [0.2, 0.25) is 5.13 Å². The van der Waals surface area contributed by atoms with Crippen LogP contribution in [0.4, 0.5) is 5.13 Å². The Bertz CT molecular complexity index is 984. The summed E-state index contributed by atoms with van der Waals surface area (Å²) >= 11 is 1.42. The Balaban J connectivity index is 1.61. The summed E-state index contributed by atoms with van der Waals surface area (Å²) in [6.45, 7) is 2.09. The molecule has 0 spiro atoms. The number of carbonyl (C=O) groups is 2. The van der Waals surface area contributed by atoms with Crippen molar-refractivity contribution in [3.05, 3.63) is 52.2 Å². The number of anilines is 1. The number of ketones is 1. The largest absolute Gasteiger partial charge is 0.483 e. The molecule has 0 saturated heterocycles. The molecule has 1 aromatic heterocycles. The standard InChI is InChI=1S/C22H23N3O3S/c1-2-8-16-23-24-22(29-16)25-18(13-9-4-3-5-10-13)17-19(26)14-11-6-7-12-15(14)28-20(17)21(25)27/h3-5,9-10,14-15,18H,2,6-8,11-12H2,1H3. The molecule has 0 N–H and O–H groups in total. The highest BCUT2D eigenvalue weighted by molar-refractivity contribution is 7.15. The molecule has 3 heterocycles. The third-order valence-electron chi connectivity index (χ3n) is 6.00. The number of carbonyl (C=O) groups excluding carboxylic acids is 2. The van der Waals surface area contributed by atoms with E-state index < -0.39 is 6.04 Å². The number of nitrogens with zero attached hydrogens (tertiary/aromatic N) is 3. The quantitative estimate of drug-likeness (QED) is 0.763. The van der Waals surface area contributed by atoms with Crippen LogP contribution in [0.3, 0.4) is 0 Å².